The molecule has 0 saturated heterocycles. The van der Waals surface area contributed by atoms with Crippen LogP contribution in [0.15, 0.2) is 103 Å². The van der Waals surface area contributed by atoms with Crippen LogP contribution < -0.4 is 10.5 Å². The molecule has 6 rings (SSSR count). The molecule has 0 atom stereocenters. The number of halogens is 2. The maximum absolute atomic E-state index is 12.6. The topological polar surface area (TPSA) is 104 Å². The lowest BCUT2D eigenvalue weighted by molar-refractivity contribution is -0.113. The van der Waals surface area contributed by atoms with Crippen LogP contribution in [-0.4, -0.2) is 36.7 Å². The van der Waals surface area contributed by atoms with Crippen LogP contribution in [0.1, 0.15) is 49.1 Å². The fourth-order valence-corrected chi connectivity index (χ4v) is 7.64. The van der Waals surface area contributed by atoms with Crippen molar-refractivity contribution in [3.63, 3.8) is 0 Å². The number of carbonyl (C=O) groups excluding carboxylic acids is 1. The molecule has 1 aliphatic carbocycles. The summed E-state index contributed by atoms with van der Waals surface area (Å²) in [6, 6.07) is 28.7. The maximum atomic E-state index is 12.6. The van der Waals surface area contributed by atoms with Crippen molar-refractivity contribution in [2.75, 3.05) is 12.9 Å². The first-order valence-electron chi connectivity index (χ1n) is 16.2. The molecule has 5 aromatic rings. The van der Waals surface area contributed by atoms with Crippen molar-refractivity contribution in [3.8, 4) is 33.8 Å². The van der Waals surface area contributed by atoms with Gasteiger partial charge in [0.15, 0.2) is 9.84 Å². The zero-order valence-corrected chi connectivity index (χ0v) is 29.4. The summed E-state index contributed by atoms with van der Waals surface area (Å²) in [4.78, 5) is 16.5. The van der Waals surface area contributed by atoms with Gasteiger partial charge in [-0.25, -0.2) is 13.4 Å². The fourth-order valence-electron chi connectivity index (χ4n) is 6.25. The third-order valence-electron chi connectivity index (χ3n) is 8.78. The van der Waals surface area contributed by atoms with E-state index in [1.807, 2.05) is 35.0 Å². The number of primary amides is 1. The summed E-state index contributed by atoms with van der Waals surface area (Å²) in [6.45, 7) is 0.781. The van der Waals surface area contributed by atoms with Gasteiger partial charge < -0.3 is 15.0 Å². The third-order valence-corrected chi connectivity index (χ3v) is 10.5. The highest BCUT2D eigenvalue weighted by Crippen LogP contribution is 2.33. The van der Waals surface area contributed by atoms with Gasteiger partial charge in [0.2, 0.25) is 5.91 Å². The molecule has 1 aliphatic rings. The summed E-state index contributed by atoms with van der Waals surface area (Å²) < 4.78 is 33.2. The van der Waals surface area contributed by atoms with Crippen LogP contribution in [0, 0.1) is 5.92 Å². The highest BCUT2D eigenvalue weighted by molar-refractivity contribution is 8.00. The van der Waals surface area contributed by atoms with Crippen molar-refractivity contribution in [2.24, 2.45) is 11.7 Å². The van der Waals surface area contributed by atoms with Gasteiger partial charge in [-0.05, 0) is 83.5 Å². The number of ether oxygens (including phenoxy) is 1. The van der Waals surface area contributed by atoms with E-state index in [0.29, 0.717) is 50.7 Å². The summed E-state index contributed by atoms with van der Waals surface area (Å²) >= 11 is 12.7. The largest absolute Gasteiger partial charge is 0.493 e. The van der Waals surface area contributed by atoms with E-state index in [2.05, 4.69) is 36.4 Å². The molecule has 10 heteroatoms. The van der Waals surface area contributed by atoms with E-state index in [1.54, 1.807) is 30.3 Å². The van der Waals surface area contributed by atoms with Gasteiger partial charge in [0.05, 0.1) is 22.2 Å². The molecule has 4 aromatic carbocycles. The molecule has 0 unspecified atom stereocenters. The van der Waals surface area contributed by atoms with E-state index in [9.17, 15) is 13.2 Å². The Hall–Kier alpha value is -4.37. The summed E-state index contributed by atoms with van der Waals surface area (Å²) in [5, 5.41) is 0.966. The molecular weight excluding hydrogens is 677 g/mol. The Bertz CT molecular complexity index is 2100. The van der Waals surface area contributed by atoms with Gasteiger partial charge in [0.1, 0.15) is 11.6 Å². The average molecular weight is 715 g/mol. The minimum Gasteiger partial charge on any atom is -0.493 e. The molecule has 1 amide bonds. The molecule has 2 N–H and O–H groups in total. The molecule has 1 saturated carbocycles. The van der Waals surface area contributed by atoms with E-state index < -0.39 is 15.7 Å². The first-order chi connectivity index (χ1) is 23.5. The van der Waals surface area contributed by atoms with E-state index in [0.717, 1.165) is 41.4 Å². The Morgan fingerprint density at radius 2 is 1.63 bits per heavy atom. The van der Waals surface area contributed by atoms with Gasteiger partial charge in [0, 0.05) is 41.2 Å². The molecule has 0 spiro atoms. The van der Waals surface area contributed by atoms with Crippen LogP contribution in [0.2, 0.25) is 10.0 Å². The van der Waals surface area contributed by atoms with E-state index in [-0.39, 0.29) is 4.91 Å². The highest BCUT2D eigenvalue weighted by Gasteiger charge is 2.19. The average Bonchev–Trinajstić information content (AvgIpc) is 3.50. The second kappa shape index (κ2) is 15.0. The number of aromatic nitrogens is 2. The predicted octanol–water partition coefficient (Wildman–Crippen LogP) is 8.93. The Labute approximate surface area is 297 Å². The minimum atomic E-state index is -3.76. The number of nitrogens with zero attached hydrogens (tertiary/aromatic N) is 2. The van der Waals surface area contributed by atoms with Crippen LogP contribution in [0.25, 0.3) is 33.0 Å². The first-order valence-corrected chi connectivity index (χ1v) is 18.9. The molecule has 1 fully saturated rings. The molecule has 49 heavy (non-hydrogen) atoms. The predicted molar refractivity (Wildman–Crippen MR) is 198 cm³/mol. The number of nitrogens with two attached hydrogens (primary N) is 1. The number of carbonyl (C=O) groups is 1. The molecule has 0 bridgehead atoms. The molecule has 0 radical (unpaired) electrons. The smallest absolute Gasteiger partial charge is 0.242 e. The Morgan fingerprint density at radius 3 is 2.29 bits per heavy atom. The third kappa shape index (κ3) is 8.63. The Balaban J connectivity index is 1.28. The van der Waals surface area contributed by atoms with Gasteiger partial charge in [0.25, 0.3) is 0 Å². The summed E-state index contributed by atoms with van der Waals surface area (Å²) in [6.07, 6.45) is 10.8. The number of hydrogen-bond acceptors (Lipinski definition) is 5. The normalized spacial score (nSPS) is 14.1. The van der Waals surface area contributed by atoms with Crippen molar-refractivity contribution < 1.29 is 17.9 Å². The van der Waals surface area contributed by atoms with Crippen LogP contribution in [0.3, 0.4) is 0 Å². The lowest BCUT2D eigenvalue weighted by Crippen LogP contribution is -2.15. The molecule has 7 nitrogen and oxygen atoms in total. The van der Waals surface area contributed by atoms with Crippen molar-refractivity contribution in [1.29, 1.82) is 0 Å². The lowest BCUT2D eigenvalue weighted by Gasteiger charge is -2.21. The number of hydrogen-bond donors (Lipinski definition) is 1. The summed E-state index contributed by atoms with van der Waals surface area (Å²) in [5.74, 6) is 1.40. The Morgan fingerprint density at radius 1 is 0.939 bits per heavy atom. The van der Waals surface area contributed by atoms with Crippen molar-refractivity contribution in [2.45, 2.75) is 38.5 Å². The molecule has 1 heterocycles. The summed E-state index contributed by atoms with van der Waals surface area (Å²) in [5.41, 5.74) is 10.9. The standard InChI is InChI=1S/C39H37Cl2N3O4S/c1-49(46,47)37(23-38(42)45)30-8-5-9-32(21-30)44-24-36(34-19-16-31(40)22-35(34)41)43-39(44)20-26-10-12-28(13-11-26)29-14-17-33(18-15-29)48-25-27-6-3-2-4-7-27/h5,8-19,21-24,27H,2-4,6-7,20,25H2,1H3,(H2,42,45)/b37-23-. The molecule has 252 valence electrons. The second-order valence-electron chi connectivity index (χ2n) is 12.5. The van der Waals surface area contributed by atoms with Crippen LogP contribution in [0.5, 0.6) is 5.75 Å². The Kier molecular flexibility index (Phi) is 10.6. The monoisotopic (exact) mass is 713 g/mol. The van der Waals surface area contributed by atoms with E-state index in [1.165, 1.54) is 32.1 Å². The fraction of sp³-hybridized carbons (Fsp3) is 0.231. The molecule has 0 aliphatic heterocycles. The number of sulfone groups is 1. The van der Waals surface area contributed by atoms with Gasteiger partial charge in [-0.3, -0.25) is 4.79 Å². The van der Waals surface area contributed by atoms with Gasteiger partial charge in [-0.1, -0.05) is 91.0 Å². The van der Waals surface area contributed by atoms with Crippen LogP contribution >= 0.6 is 23.2 Å². The van der Waals surface area contributed by atoms with Gasteiger partial charge in [-0.15, -0.1) is 0 Å². The van der Waals surface area contributed by atoms with E-state index in [4.69, 9.17) is 38.7 Å². The SMILES string of the molecule is CS(=O)(=O)/C(=C\C(N)=O)c1cccc(-n2cc(-c3ccc(Cl)cc3Cl)nc2Cc2ccc(-c3ccc(OCC4CCCCC4)cc3)cc2)c1. The number of rotatable bonds is 11. The second-order valence-corrected chi connectivity index (χ2v) is 15.3. The molecule has 1 aromatic heterocycles. The van der Waals surface area contributed by atoms with Gasteiger partial charge in [-0.2, -0.15) is 0 Å². The van der Waals surface area contributed by atoms with E-state index >= 15 is 0 Å². The molecular formula is C39H37Cl2N3O4S. The first kappa shape index (κ1) is 34.5. The number of amides is 1. The zero-order valence-electron chi connectivity index (χ0n) is 27.1. The lowest BCUT2D eigenvalue weighted by atomic mass is 9.90. The van der Waals surface area contributed by atoms with Crippen molar-refractivity contribution >= 4 is 43.9 Å². The minimum absolute atomic E-state index is 0.163. The van der Waals surface area contributed by atoms with Crippen molar-refractivity contribution in [1.82, 2.24) is 9.55 Å². The zero-order chi connectivity index (χ0) is 34.5. The van der Waals surface area contributed by atoms with Crippen LogP contribution in [-0.2, 0) is 21.1 Å². The summed E-state index contributed by atoms with van der Waals surface area (Å²) in [7, 11) is -3.76. The highest BCUT2D eigenvalue weighted by atomic mass is 35.5. The maximum Gasteiger partial charge on any atom is 0.242 e. The van der Waals surface area contributed by atoms with Crippen LogP contribution in [0.4, 0.5) is 0 Å². The number of benzene rings is 4. The quantitative estimate of drug-likeness (QED) is 0.138. The number of imidazole rings is 1. The van der Waals surface area contributed by atoms with Gasteiger partial charge >= 0.3 is 0 Å². The van der Waals surface area contributed by atoms with Crippen molar-refractivity contribution in [3.05, 3.63) is 130 Å².